The van der Waals surface area contributed by atoms with Crippen molar-refractivity contribution in [2.75, 3.05) is 30.4 Å². The minimum absolute atomic E-state index is 0.130. The average Bonchev–Trinajstić information content (AvgIpc) is 3.36. The summed E-state index contributed by atoms with van der Waals surface area (Å²) in [6, 6.07) is 2.60. The molecular weight excluding hydrogens is 439 g/mol. The van der Waals surface area contributed by atoms with E-state index >= 15 is 0 Å². The minimum atomic E-state index is -2.87. The van der Waals surface area contributed by atoms with Gasteiger partial charge in [-0.2, -0.15) is 4.98 Å². The van der Waals surface area contributed by atoms with Gasteiger partial charge in [-0.05, 0) is 18.9 Å². The maximum atomic E-state index is 14.2. The van der Waals surface area contributed by atoms with Gasteiger partial charge in [0.25, 0.3) is 11.8 Å². The molecule has 4 heterocycles. The van der Waals surface area contributed by atoms with Crippen molar-refractivity contribution in [3.05, 3.63) is 36.0 Å². The lowest BCUT2D eigenvalue weighted by atomic mass is 10.1. The summed E-state index contributed by atoms with van der Waals surface area (Å²) in [5.74, 6) is -5.07. The molecule has 1 aliphatic carbocycles. The number of carbonyl (C=O) groups excluding carboxylic acids is 2. The first-order valence-corrected chi connectivity index (χ1v) is 10.7. The molecule has 12 heteroatoms. The molecule has 3 fully saturated rings. The molecule has 2 N–H and O–H groups in total. The Morgan fingerprint density at radius 2 is 1.88 bits per heavy atom. The molecule has 0 spiro atoms. The van der Waals surface area contributed by atoms with Crippen LogP contribution in [0.5, 0.6) is 0 Å². The molecule has 3 aliphatic rings. The monoisotopic (exact) mass is 461 g/mol. The largest absolute Gasteiger partial charge is 0.354 e. The van der Waals surface area contributed by atoms with Crippen molar-refractivity contribution >= 4 is 29.3 Å². The number of fused-ring (bicyclic) bond motifs is 2. The van der Waals surface area contributed by atoms with E-state index in [-0.39, 0.29) is 35.8 Å². The third kappa shape index (κ3) is 3.93. The van der Waals surface area contributed by atoms with Crippen LogP contribution >= 0.6 is 0 Å². The van der Waals surface area contributed by atoms with Gasteiger partial charge < -0.3 is 20.4 Å². The van der Waals surface area contributed by atoms with Gasteiger partial charge in [-0.15, -0.1) is 0 Å². The molecule has 2 saturated heterocycles. The predicted molar refractivity (Wildman–Crippen MR) is 112 cm³/mol. The van der Waals surface area contributed by atoms with Crippen LogP contribution in [0.25, 0.3) is 0 Å². The Hall–Kier alpha value is -3.44. The number of carbonyl (C=O) groups is 2. The van der Waals surface area contributed by atoms with E-state index in [2.05, 4.69) is 25.6 Å². The van der Waals surface area contributed by atoms with E-state index < -0.39 is 29.5 Å². The van der Waals surface area contributed by atoms with E-state index in [9.17, 15) is 22.8 Å². The zero-order valence-electron chi connectivity index (χ0n) is 17.8. The highest BCUT2D eigenvalue weighted by atomic mass is 19.3. The molecule has 174 valence electrons. The topological polar surface area (TPSA) is 103 Å². The highest BCUT2D eigenvalue weighted by Gasteiger charge is 2.64. The lowest BCUT2D eigenvalue weighted by Gasteiger charge is -2.41. The lowest BCUT2D eigenvalue weighted by molar-refractivity contribution is -0.138. The molecule has 0 unspecified atom stereocenters. The second-order valence-corrected chi connectivity index (χ2v) is 8.55. The Bertz CT molecular complexity index is 1100. The second-order valence-electron chi connectivity index (χ2n) is 8.55. The molecule has 0 aromatic carbocycles. The number of nitrogens with zero attached hydrogens (tertiary/aromatic N) is 5. The number of hydrogen-bond donors (Lipinski definition) is 2. The standard InChI is InChI=1S/C21H22F3N7O2/c1-25-18(32)17-15(22)6-11(8-27-17)28-20-26-5-4-16(29-20)30-9-12-2-3-13(10-30)31(12)19(33)14-7-21(14,23)24/h4-6,8,12-14H,2-3,7,9-10H2,1H3,(H,25,32)(H,26,28,29)/t12-,13+,14-/m1/s1. The summed E-state index contributed by atoms with van der Waals surface area (Å²) in [7, 11) is 1.39. The van der Waals surface area contributed by atoms with Crippen LogP contribution in [0.1, 0.15) is 29.8 Å². The fourth-order valence-electron chi connectivity index (χ4n) is 4.62. The van der Waals surface area contributed by atoms with E-state index in [0.717, 1.165) is 18.9 Å². The Kier molecular flexibility index (Phi) is 5.09. The number of pyridine rings is 1. The van der Waals surface area contributed by atoms with Crippen LogP contribution in [-0.2, 0) is 4.79 Å². The van der Waals surface area contributed by atoms with Gasteiger partial charge in [-0.25, -0.2) is 23.1 Å². The normalized spacial score (nSPS) is 25.0. The second kappa shape index (κ2) is 7.85. The Labute approximate surface area is 187 Å². The van der Waals surface area contributed by atoms with E-state index in [4.69, 9.17) is 0 Å². The molecule has 2 bridgehead atoms. The number of anilines is 3. The van der Waals surface area contributed by atoms with Gasteiger partial charge in [-0.1, -0.05) is 0 Å². The van der Waals surface area contributed by atoms with Gasteiger partial charge in [0.15, 0.2) is 11.5 Å². The Morgan fingerprint density at radius 3 is 2.48 bits per heavy atom. The fourth-order valence-corrected chi connectivity index (χ4v) is 4.62. The molecule has 3 atom stereocenters. The highest BCUT2D eigenvalue weighted by Crippen LogP contribution is 2.51. The smallest absolute Gasteiger partial charge is 0.272 e. The molecule has 9 nitrogen and oxygen atoms in total. The lowest BCUT2D eigenvalue weighted by Crippen LogP contribution is -2.56. The van der Waals surface area contributed by atoms with Crippen molar-refractivity contribution in [3.8, 4) is 0 Å². The van der Waals surface area contributed by atoms with E-state index in [1.807, 2.05) is 4.90 Å². The summed E-state index contributed by atoms with van der Waals surface area (Å²) in [6.45, 7) is 0.988. The molecular formula is C21H22F3N7O2. The number of alkyl halides is 2. The number of amides is 2. The van der Waals surface area contributed by atoms with Gasteiger partial charge in [0.05, 0.1) is 11.9 Å². The van der Waals surface area contributed by atoms with Crippen molar-refractivity contribution in [2.24, 2.45) is 5.92 Å². The maximum Gasteiger partial charge on any atom is 0.272 e. The molecule has 2 aliphatic heterocycles. The molecule has 5 rings (SSSR count). The number of nitrogens with one attached hydrogen (secondary N) is 2. The number of rotatable bonds is 5. The third-order valence-corrected chi connectivity index (χ3v) is 6.37. The van der Waals surface area contributed by atoms with Crippen molar-refractivity contribution in [3.63, 3.8) is 0 Å². The quantitative estimate of drug-likeness (QED) is 0.702. The fraction of sp³-hybridized carbons (Fsp3) is 0.476. The van der Waals surface area contributed by atoms with Crippen LogP contribution in [-0.4, -0.2) is 69.8 Å². The van der Waals surface area contributed by atoms with Gasteiger partial charge in [0.2, 0.25) is 11.9 Å². The van der Waals surface area contributed by atoms with Crippen molar-refractivity contribution in [2.45, 2.75) is 37.3 Å². The molecule has 2 aromatic heterocycles. The minimum Gasteiger partial charge on any atom is -0.354 e. The molecule has 33 heavy (non-hydrogen) atoms. The molecule has 2 amide bonds. The molecule has 2 aromatic rings. The summed E-state index contributed by atoms with van der Waals surface area (Å²) in [5, 5.41) is 5.19. The first kappa shape index (κ1) is 21.4. The van der Waals surface area contributed by atoms with Crippen molar-refractivity contribution < 1.29 is 22.8 Å². The summed E-state index contributed by atoms with van der Waals surface area (Å²) in [4.78, 5) is 40.3. The predicted octanol–water partition coefficient (Wildman–Crippen LogP) is 1.95. The van der Waals surface area contributed by atoms with Crippen LogP contribution in [0.15, 0.2) is 24.5 Å². The van der Waals surface area contributed by atoms with Crippen molar-refractivity contribution in [1.29, 1.82) is 0 Å². The maximum absolute atomic E-state index is 14.2. The van der Waals surface area contributed by atoms with Crippen molar-refractivity contribution in [1.82, 2.24) is 25.2 Å². The first-order valence-electron chi connectivity index (χ1n) is 10.7. The summed E-state index contributed by atoms with van der Waals surface area (Å²) >= 11 is 0. The van der Waals surface area contributed by atoms with Gasteiger partial charge in [0, 0.05) is 50.9 Å². The van der Waals surface area contributed by atoms with Crippen LogP contribution in [0.2, 0.25) is 0 Å². The highest BCUT2D eigenvalue weighted by molar-refractivity contribution is 5.92. The average molecular weight is 461 g/mol. The Balaban J connectivity index is 1.28. The van der Waals surface area contributed by atoms with Gasteiger partial charge >= 0.3 is 0 Å². The summed E-state index contributed by atoms with van der Waals surface area (Å²) < 4.78 is 41.0. The van der Waals surface area contributed by atoms with Crippen LogP contribution in [0.3, 0.4) is 0 Å². The zero-order valence-corrected chi connectivity index (χ0v) is 17.8. The van der Waals surface area contributed by atoms with E-state index in [1.54, 1.807) is 17.2 Å². The molecule has 0 radical (unpaired) electrons. The van der Waals surface area contributed by atoms with Gasteiger partial charge in [0.1, 0.15) is 11.7 Å². The Morgan fingerprint density at radius 1 is 1.18 bits per heavy atom. The number of hydrogen-bond acceptors (Lipinski definition) is 7. The van der Waals surface area contributed by atoms with Crippen LogP contribution in [0, 0.1) is 11.7 Å². The van der Waals surface area contributed by atoms with E-state index in [1.165, 1.54) is 13.2 Å². The van der Waals surface area contributed by atoms with Crippen LogP contribution < -0.4 is 15.5 Å². The number of aromatic nitrogens is 3. The number of piperazine rings is 1. The van der Waals surface area contributed by atoms with Gasteiger partial charge in [-0.3, -0.25) is 9.59 Å². The van der Waals surface area contributed by atoms with Crippen LogP contribution in [0.4, 0.5) is 30.6 Å². The summed E-state index contributed by atoms with van der Waals surface area (Å²) in [5.41, 5.74) is -0.0391. The number of halogens is 3. The SMILES string of the molecule is CNC(=O)c1ncc(Nc2nccc(N3C[C@H]4CC[C@@H](C3)N4C(=O)[C@H]3CC3(F)F)n2)cc1F. The zero-order chi connectivity index (χ0) is 23.3. The third-order valence-electron chi connectivity index (χ3n) is 6.37. The van der Waals surface area contributed by atoms with E-state index in [0.29, 0.717) is 18.9 Å². The molecule has 1 saturated carbocycles. The summed E-state index contributed by atoms with van der Waals surface area (Å²) in [6.07, 6.45) is 4.04. The first-order chi connectivity index (χ1) is 15.8.